The third kappa shape index (κ3) is 4.82. The SMILES string of the molecule is O=C1Nc2ccc(Cl)cc2C(c2ccc3c(c2)N(CCCO)C(=O)C3)=NC1Cc1ccc(Cl)cc1. The molecule has 8 heteroatoms. The van der Waals surface area contributed by atoms with Crippen LogP contribution in [0.4, 0.5) is 11.4 Å². The molecule has 0 radical (unpaired) electrons. The van der Waals surface area contributed by atoms with Gasteiger partial charge in [-0.15, -0.1) is 0 Å². The van der Waals surface area contributed by atoms with Crippen molar-refractivity contribution in [3.63, 3.8) is 0 Å². The number of aliphatic imine (C=N–C) groups is 1. The lowest BCUT2D eigenvalue weighted by Crippen LogP contribution is -2.28. The maximum Gasteiger partial charge on any atom is 0.249 e. The number of benzodiazepines with no additional fused rings is 1. The topological polar surface area (TPSA) is 82.0 Å². The van der Waals surface area contributed by atoms with Crippen LogP contribution in [0.25, 0.3) is 0 Å². The predicted octanol–water partition coefficient (Wildman–Crippen LogP) is 4.67. The quantitative estimate of drug-likeness (QED) is 0.508. The van der Waals surface area contributed by atoms with Gasteiger partial charge < -0.3 is 15.3 Å². The molecule has 1 atom stereocenters. The number of hydrogen-bond donors (Lipinski definition) is 2. The van der Waals surface area contributed by atoms with Crippen LogP contribution in [0.1, 0.15) is 28.7 Å². The fraction of sp³-hybridized carbons (Fsp3) is 0.222. The molecule has 35 heavy (non-hydrogen) atoms. The highest BCUT2D eigenvalue weighted by Gasteiger charge is 2.30. The number of anilines is 2. The maximum absolute atomic E-state index is 13.2. The lowest BCUT2D eigenvalue weighted by Gasteiger charge is -2.18. The van der Waals surface area contributed by atoms with Crippen LogP contribution in [0, 0.1) is 0 Å². The summed E-state index contributed by atoms with van der Waals surface area (Å²) in [5, 5.41) is 13.4. The first kappa shape index (κ1) is 23.5. The number of rotatable bonds is 6. The Balaban J connectivity index is 1.60. The van der Waals surface area contributed by atoms with Gasteiger partial charge in [0.05, 0.1) is 17.8 Å². The molecule has 2 N–H and O–H groups in total. The van der Waals surface area contributed by atoms with Crippen LogP contribution in [-0.2, 0) is 22.4 Å². The number of amides is 2. The molecule has 1 unspecified atom stereocenters. The molecule has 0 spiro atoms. The Kier molecular flexibility index (Phi) is 6.60. The minimum atomic E-state index is -0.669. The van der Waals surface area contributed by atoms with Crippen LogP contribution >= 0.6 is 23.2 Å². The molecule has 0 bridgehead atoms. The van der Waals surface area contributed by atoms with Crippen molar-refractivity contribution in [3.05, 3.63) is 93.0 Å². The van der Waals surface area contributed by atoms with E-state index in [1.807, 2.05) is 30.3 Å². The fourth-order valence-electron chi connectivity index (χ4n) is 4.51. The molecule has 0 aliphatic carbocycles. The Morgan fingerprint density at radius 2 is 1.77 bits per heavy atom. The predicted molar refractivity (Wildman–Crippen MR) is 139 cm³/mol. The van der Waals surface area contributed by atoms with Crippen molar-refractivity contribution in [1.82, 2.24) is 0 Å². The van der Waals surface area contributed by atoms with Gasteiger partial charge in [0, 0.05) is 46.4 Å². The lowest BCUT2D eigenvalue weighted by atomic mass is 9.98. The van der Waals surface area contributed by atoms with E-state index in [4.69, 9.17) is 28.2 Å². The summed E-state index contributed by atoms with van der Waals surface area (Å²) in [4.78, 5) is 32.4. The number of halogens is 2. The van der Waals surface area contributed by atoms with Crippen LogP contribution in [0.3, 0.4) is 0 Å². The highest BCUT2D eigenvalue weighted by molar-refractivity contribution is 6.32. The zero-order valence-electron chi connectivity index (χ0n) is 18.8. The van der Waals surface area contributed by atoms with E-state index in [1.54, 1.807) is 35.2 Å². The summed E-state index contributed by atoms with van der Waals surface area (Å²) in [7, 11) is 0. The van der Waals surface area contributed by atoms with Crippen molar-refractivity contribution in [2.75, 3.05) is 23.4 Å². The molecule has 3 aromatic rings. The third-order valence-electron chi connectivity index (χ3n) is 6.26. The van der Waals surface area contributed by atoms with E-state index in [0.29, 0.717) is 47.3 Å². The molecule has 2 heterocycles. The van der Waals surface area contributed by atoms with E-state index in [9.17, 15) is 14.7 Å². The van der Waals surface area contributed by atoms with Gasteiger partial charge in [-0.25, -0.2) is 0 Å². The van der Waals surface area contributed by atoms with Gasteiger partial charge >= 0.3 is 0 Å². The Morgan fingerprint density at radius 1 is 1.00 bits per heavy atom. The summed E-state index contributed by atoms with van der Waals surface area (Å²) in [5.41, 5.74) is 5.45. The Labute approximate surface area is 213 Å². The minimum absolute atomic E-state index is 0.00862. The van der Waals surface area contributed by atoms with E-state index in [0.717, 1.165) is 27.9 Å². The molecule has 2 amide bonds. The van der Waals surface area contributed by atoms with Gasteiger partial charge in [0.25, 0.3) is 0 Å². The highest BCUT2D eigenvalue weighted by atomic mass is 35.5. The van der Waals surface area contributed by atoms with Crippen molar-refractivity contribution >= 4 is 52.1 Å². The molecule has 2 aliphatic heterocycles. The van der Waals surface area contributed by atoms with Crippen molar-refractivity contribution < 1.29 is 14.7 Å². The monoisotopic (exact) mass is 507 g/mol. The number of fused-ring (bicyclic) bond motifs is 2. The molecule has 178 valence electrons. The highest BCUT2D eigenvalue weighted by Crippen LogP contribution is 2.33. The second-order valence-corrected chi connectivity index (χ2v) is 9.52. The number of carbonyl (C=O) groups is 2. The second-order valence-electron chi connectivity index (χ2n) is 8.65. The van der Waals surface area contributed by atoms with Crippen molar-refractivity contribution in [2.45, 2.75) is 25.3 Å². The Bertz CT molecular complexity index is 1340. The molecule has 6 nitrogen and oxygen atoms in total. The van der Waals surface area contributed by atoms with Crippen LogP contribution in [0.15, 0.2) is 65.7 Å². The van der Waals surface area contributed by atoms with Crippen LogP contribution in [-0.4, -0.2) is 41.8 Å². The first-order valence-electron chi connectivity index (χ1n) is 11.4. The van der Waals surface area contributed by atoms with Crippen molar-refractivity contribution in [2.24, 2.45) is 4.99 Å². The third-order valence-corrected chi connectivity index (χ3v) is 6.74. The normalized spacial score (nSPS) is 16.9. The molecule has 0 saturated heterocycles. The number of aliphatic hydroxyl groups is 1. The summed E-state index contributed by atoms with van der Waals surface area (Å²) in [6.45, 7) is 0.456. The smallest absolute Gasteiger partial charge is 0.249 e. The van der Waals surface area contributed by atoms with Crippen molar-refractivity contribution in [1.29, 1.82) is 0 Å². The number of nitrogens with one attached hydrogen (secondary N) is 1. The zero-order valence-corrected chi connectivity index (χ0v) is 20.3. The summed E-state index contributed by atoms with van der Waals surface area (Å²) in [6.07, 6.45) is 1.23. The van der Waals surface area contributed by atoms with Gasteiger partial charge in [-0.05, 0) is 53.9 Å². The number of nitrogens with zero attached hydrogens (tertiary/aromatic N) is 2. The van der Waals surface area contributed by atoms with E-state index in [2.05, 4.69) is 5.32 Å². The summed E-state index contributed by atoms with van der Waals surface area (Å²) >= 11 is 12.4. The maximum atomic E-state index is 13.2. The molecular weight excluding hydrogens is 485 g/mol. The molecule has 5 rings (SSSR count). The summed E-state index contributed by atoms with van der Waals surface area (Å²) in [5.74, 6) is -0.200. The Hall–Kier alpha value is -3.19. The summed E-state index contributed by atoms with van der Waals surface area (Å²) < 4.78 is 0. The van der Waals surface area contributed by atoms with Gasteiger partial charge in [-0.1, -0.05) is 47.5 Å². The number of aliphatic hydroxyl groups excluding tert-OH is 1. The largest absolute Gasteiger partial charge is 0.396 e. The van der Waals surface area contributed by atoms with Crippen LogP contribution in [0.2, 0.25) is 10.0 Å². The van der Waals surface area contributed by atoms with Crippen LogP contribution in [0.5, 0.6) is 0 Å². The first-order chi connectivity index (χ1) is 16.9. The summed E-state index contributed by atoms with van der Waals surface area (Å²) in [6, 6.07) is 17.8. The molecule has 0 aromatic heterocycles. The van der Waals surface area contributed by atoms with Gasteiger partial charge in [0.2, 0.25) is 11.8 Å². The standard InChI is InChI=1S/C27H23Cl2N3O3/c28-19-6-2-16(3-7-19)12-23-27(35)31-22-9-8-20(29)15-21(22)26(30-23)18-5-4-17-14-25(34)32(10-1-11-33)24(17)13-18/h2-9,13,15,23,33H,1,10-12,14H2,(H,31,35). The molecule has 3 aromatic carbocycles. The van der Waals surface area contributed by atoms with Crippen molar-refractivity contribution in [3.8, 4) is 0 Å². The zero-order chi connectivity index (χ0) is 24.5. The van der Waals surface area contributed by atoms with Gasteiger partial charge in [-0.2, -0.15) is 0 Å². The average Bonchev–Trinajstić information content (AvgIpc) is 3.09. The minimum Gasteiger partial charge on any atom is -0.396 e. The van der Waals surface area contributed by atoms with Gasteiger partial charge in [-0.3, -0.25) is 14.6 Å². The second kappa shape index (κ2) is 9.82. The molecule has 2 aliphatic rings. The lowest BCUT2D eigenvalue weighted by molar-refractivity contribution is -0.118. The average molecular weight is 508 g/mol. The molecule has 0 fully saturated rings. The van der Waals surface area contributed by atoms with Gasteiger partial charge in [0.15, 0.2) is 0 Å². The van der Waals surface area contributed by atoms with E-state index < -0.39 is 6.04 Å². The van der Waals surface area contributed by atoms with Crippen LogP contribution < -0.4 is 10.2 Å². The number of carbonyl (C=O) groups excluding carboxylic acids is 2. The van der Waals surface area contributed by atoms with Gasteiger partial charge in [0.1, 0.15) is 6.04 Å². The van der Waals surface area contributed by atoms with E-state index >= 15 is 0 Å². The van der Waals surface area contributed by atoms with E-state index in [-0.39, 0.29) is 18.4 Å². The molecule has 0 saturated carbocycles. The Morgan fingerprint density at radius 3 is 2.54 bits per heavy atom. The number of benzene rings is 3. The molecular formula is C27H23Cl2N3O3. The number of hydrogen-bond acceptors (Lipinski definition) is 4. The first-order valence-corrected chi connectivity index (χ1v) is 12.2. The fourth-order valence-corrected chi connectivity index (χ4v) is 4.81. The van der Waals surface area contributed by atoms with E-state index in [1.165, 1.54) is 0 Å².